The standard InChI is InChI=1S/C15H24N2O2S/c1-4-19-10-6-9-16-15(20)17(2)12-13-7-5-8-14(11-13)18-3/h5,7-8,11H,4,6,9-10,12H2,1-3H3,(H,16,20). The highest BCUT2D eigenvalue weighted by Crippen LogP contribution is 2.13. The summed E-state index contributed by atoms with van der Waals surface area (Å²) in [6.07, 6.45) is 0.959. The number of methoxy groups -OCH3 is 1. The Labute approximate surface area is 127 Å². The minimum atomic E-state index is 0.754. The highest BCUT2D eigenvalue weighted by molar-refractivity contribution is 7.80. The molecule has 4 nitrogen and oxygen atoms in total. The van der Waals surface area contributed by atoms with Crippen molar-refractivity contribution in [2.75, 3.05) is 33.9 Å². The largest absolute Gasteiger partial charge is 0.497 e. The molecule has 0 radical (unpaired) electrons. The van der Waals surface area contributed by atoms with Crippen molar-refractivity contribution < 1.29 is 9.47 Å². The number of benzene rings is 1. The van der Waals surface area contributed by atoms with Crippen LogP contribution in [0, 0.1) is 0 Å². The summed E-state index contributed by atoms with van der Waals surface area (Å²) < 4.78 is 10.5. The lowest BCUT2D eigenvalue weighted by Crippen LogP contribution is -2.37. The van der Waals surface area contributed by atoms with Gasteiger partial charge in [-0.2, -0.15) is 0 Å². The first-order valence-electron chi connectivity index (χ1n) is 6.87. The van der Waals surface area contributed by atoms with Gasteiger partial charge in [-0.15, -0.1) is 0 Å². The van der Waals surface area contributed by atoms with E-state index >= 15 is 0 Å². The van der Waals surface area contributed by atoms with Crippen molar-refractivity contribution in [1.29, 1.82) is 0 Å². The first-order chi connectivity index (χ1) is 9.67. The Morgan fingerprint density at radius 1 is 1.40 bits per heavy atom. The zero-order valence-electron chi connectivity index (χ0n) is 12.5. The molecule has 5 heteroatoms. The number of ether oxygens (including phenoxy) is 2. The van der Waals surface area contributed by atoms with E-state index in [2.05, 4.69) is 11.4 Å². The molecule has 0 amide bonds. The first-order valence-corrected chi connectivity index (χ1v) is 7.27. The van der Waals surface area contributed by atoms with Crippen LogP contribution in [0.3, 0.4) is 0 Å². The molecule has 0 aliphatic carbocycles. The summed E-state index contributed by atoms with van der Waals surface area (Å²) in [6, 6.07) is 8.01. The van der Waals surface area contributed by atoms with E-state index in [1.807, 2.05) is 37.1 Å². The van der Waals surface area contributed by atoms with E-state index in [0.717, 1.165) is 43.6 Å². The fraction of sp³-hybridized carbons (Fsp3) is 0.533. The molecule has 0 heterocycles. The van der Waals surface area contributed by atoms with E-state index in [1.54, 1.807) is 7.11 Å². The molecule has 1 aromatic rings. The van der Waals surface area contributed by atoms with Crippen molar-refractivity contribution in [2.45, 2.75) is 19.9 Å². The molecule has 0 aromatic heterocycles. The molecule has 0 aliphatic rings. The third-order valence-electron chi connectivity index (χ3n) is 2.85. The van der Waals surface area contributed by atoms with Gasteiger partial charge in [0.2, 0.25) is 0 Å². The van der Waals surface area contributed by atoms with Crippen LogP contribution in [0.15, 0.2) is 24.3 Å². The van der Waals surface area contributed by atoms with E-state index in [-0.39, 0.29) is 0 Å². The lowest BCUT2D eigenvalue weighted by Gasteiger charge is -2.21. The average Bonchev–Trinajstić information content (AvgIpc) is 2.47. The van der Waals surface area contributed by atoms with E-state index in [1.165, 1.54) is 5.56 Å². The fourth-order valence-corrected chi connectivity index (χ4v) is 1.93. The summed E-state index contributed by atoms with van der Waals surface area (Å²) in [5.41, 5.74) is 1.17. The van der Waals surface area contributed by atoms with E-state index in [4.69, 9.17) is 21.7 Å². The van der Waals surface area contributed by atoms with Crippen LogP contribution >= 0.6 is 12.2 Å². The van der Waals surface area contributed by atoms with Crippen LogP contribution in [-0.2, 0) is 11.3 Å². The van der Waals surface area contributed by atoms with Crippen molar-refractivity contribution in [3.05, 3.63) is 29.8 Å². The topological polar surface area (TPSA) is 33.7 Å². The number of hydrogen-bond donors (Lipinski definition) is 1. The predicted octanol–water partition coefficient (Wildman–Crippen LogP) is 2.43. The van der Waals surface area contributed by atoms with Crippen molar-refractivity contribution in [3.8, 4) is 5.75 Å². The van der Waals surface area contributed by atoms with Gasteiger partial charge >= 0.3 is 0 Å². The minimum Gasteiger partial charge on any atom is -0.497 e. The molecule has 0 bridgehead atoms. The number of nitrogens with one attached hydrogen (secondary N) is 1. The highest BCUT2D eigenvalue weighted by atomic mass is 32.1. The van der Waals surface area contributed by atoms with Crippen molar-refractivity contribution in [1.82, 2.24) is 10.2 Å². The van der Waals surface area contributed by atoms with Gasteiger partial charge in [-0.3, -0.25) is 0 Å². The van der Waals surface area contributed by atoms with Crippen molar-refractivity contribution in [2.24, 2.45) is 0 Å². The maximum atomic E-state index is 5.36. The molecule has 0 fully saturated rings. The molecule has 0 spiro atoms. The molecule has 1 aromatic carbocycles. The van der Waals surface area contributed by atoms with Gasteiger partial charge < -0.3 is 19.7 Å². The second kappa shape index (κ2) is 9.55. The molecule has 112 valence electrons. The maximum Gasteiger partial charge on any atom is 0.168 e. The Hall–Kier alpha value is -1.33. The summed E-state index contributed by atoms with van der Waals surface area (Å²) in [6.45, 7) is 5.13. The van der Waals surface area contributed by atoms with Gasteiger partial charge in [0.15, 0.2) is 5.11 Å². The van der Waals surface area contributed by atoms with Crippen LogP contribution in [0.1, 0.15) is 18.9 Å². The Kier molecular flexibility index (Phi) is 7.99. The third-order valence-corrected chi connectivity index (χ3v) is 3.30. The average molecular weight is 296 g/mol. The second-order valence-electron chi connectivity index (χ2n) is 4.49. The highest BCUT2D eigenvalue weighted by Gasteiger charge is 2.05. The van der Waals surface area contributed by atoms with Gasteiger partial charge in [0.1, 0.15) is 5.75 Å². The van der Waals surface area contributed by atoms with Crippen LogP contribution in [0.25, 0.3) is 0 Å². The fourth-order valence-electron chi connectivity index (χ4n) is 1.77. The van der Waals surface area contributed by atoms with Gasteiger partial charge in [0, 0.05) is 33.4 Å². The molecule has 1 rings (SSSR count). The number of nitrogens with zero attached hydrogens (tertiary/aromatic N) is 1. The molecule has 0 unspecified atom stereocenters. The summed E-state index contributed by atoms with van der Waals surface area (Å²) in [7, 11) is 3.66. The molecular weight excluding hydrogens is 272 g/mol. The Morgan fingerprint density at radius 2 is 2.20 bits per heavy atom. The maximum absolute atomic E-state index is 5.36. The summed E-state index contributed by atoms with van der Waals surface area (Å²) in [5.74, 6) is 0.867. The molecule has 1 N–H and O–H groups in total. The van der Waals surface area contributed by atoms with Gasteiger partial charge in [-0.05, 0) is 43.3 Å². The number of hydrogen-bond acceptors (Lipinski definition) is 3. The summed E-state index contributed by atoms with van der Waals surface area (Å²) >= 11 is 5.36. The predicted molar refractivity (Wildman–Crippen MR) is 86.2 cm³/mol. The molecule has 20 heavy (non-hydrogen) atoms. The Balaban J connectivity index is 2.33. The van der Waals surface area contributed by atoms with E-state index < -0.39 is 0 Å². The Bertz CT molecular complexity index is 413. The van der Waals surface area contributed by atoms with Gasteiger partial charge in [-0.1, -0.05) is 12.1 Å². The van der Waals surface area contributed by atoms with Crippen molar-refractivity contribution >= 4 is 17.3 Å². The summed E-state index contributed by atoms with van der Waals surface area (Å²) in [4.78, 5) is 2.02. The van der Waals surface area contributed by atoms with Crippen molar-refractivity contribution in [3.63, 3.8) is 0 Å². The monoisotopic (exact) mass is 296 g/mol. The van der Waals surface area contributed by atoms with Crippen LogP contribution in [0.4, 0.5) is 0 Å². The van der Waals surface area contributed by atoms with Crippen LogP contribution in [-0.4, -0.2) is 43.9 Å². The number of thiocarbonyl (C=S) groups is 1. The normalized spacial score (nSPS) is 10.2. The molecular formula is C15H24N2O2S. The van der Waals surface area contributed by atoms with E-state index in [0.29, 0.717) is 0 Å². The SMILES string of the molecule is CCOCCCNC(=S)N(C)Cc1cccc(OC)c1. The van der Waals surface area contributed by atoms with Crippen LogP contribution in [0.5, 0.6) is 5.75 Å². The van der Waals surface area contributed by atoms with Gasteiger partial charge in [0.05, 0.1) is 7.11 Å². The van der Waals surface area contributed by atoms with Crippen LogP contribution in [0.2, 0.25) is 0 Å². The molecule has 0 atom stereocenters. The summed E-state index contributed by atoms with van der Waals surface area (Å²) in [5, 5.41) is 3.99. The van der Waals surface area contributed by atoms with E-state index in [9.17, 15) is 0 Å². The number of rotatable bonds is 8. The minimum absolute atomic E-state index is 0.754. The second-order valence-corrected chi connectivity index (χ2v) is 4.88. The molecule has 0 saturated carbocycles. The quantitative estimate of drug-likeness (QED) is 0.588. The zero-order valence-corrected chi connectivity index (χ0v) is 13.3. The lowest BCUT2D eigenvalue weighted by atomic mass is 10.2. The zero-order chi connectivity index (χ0) is 14.8. The smallest absolute Gasteiger partial charge is 0.168 e. The molecule has 0 saturated heterocycles. The molecule has 0 aliphatic heterocycles. The van der Waals surface area contributed by atoms with Gasteiger partial charge in [-0.25, -0.2) is 0 Å². The van der Waals surface area contributed by atoms with Crippen LogP contribution < -0.4 is 10.1 Å². The van der Waals surface area contributed by atoms with Gasteiger partial charge in [0.25, 0.3) is 0 Å². The lowest BCUT2D eigenvalue weighted by molar-refractivity contribution is 0.145. The third kappa shape index (κ3) is 6.21. The Morgan fingerprint density at radius 3 is 2.90 bits per heavy atom. The first kappa shape index (κ1) is 16.7.